The fourth-order valence-corrected chi connectivity index (χ4v) is 1.70. The number of hydrogen-bond acceptors (Lipinski definition) is 1. The Labute approximate surface area is 89.5 Å². The highest BCUT2D eigenvalue weighted by molar-refractivity contribution is 7.80. The minimum Gasteiger partial charge on any atom is -0.363 e. The molecule has 0 aliphatic rings. The highest BCUT2D eigenvalue weighted by atomic mass is 32.1. The van der Waals surface area contributed by atoms with Crippen molar-refractivity contribution in [3.63, 3.8) is 0 Å². The van der Waals surface area contributed by atoms with Crippen molar-refractivity contribution >= 4 is 17.2 Å². The van der Waals surface area contributed by atoms with Crippen molar-refractivity contribution < 1.29 is 4.39 Å². The van der Waals surface area contributed by atoms with E-state index in [9.17, 15) is 4.39 Å². The molecule has 0 saturated heterocycles. The van der Waals surface area contributed by atoms with Crippen LogP contribution in [0.3, 0.4) is 0 Å². The van der Waals surface area contributed by atoms with Gasteiger partial charge < -0.3 is 4.90 Å². The van der Waals surface area contributed by atoms with E-state index in [1.807, 2.05) is 24.8 Å². The monoisotopic (exact) mass is 211 g/mol. The largest absolute Gasteiger partial charge is 0.363 e. The predicted molar refractivity (Wildman–Crippen MR) is 61.0 cm³/mol. The lowest BCUT2D eigenvalue weighted by Gasteiger charge is -2.21. The van der Waals surface area contributed by atoms with Crippen molar-refractivity contribution in [1.29, 1.82) is 0 Å². The van der Waals surface area contributed by atoms with Crippen LogP contribution in [0.15, 0.2) is 24.3 Å². The smallest absolute Gasteiger partial charge is 0.123 e. The van der Waals surface area contributed by atoms with Gasteiger partial charge in [-0.25, -0.2) is 4.39 Å². The summed E-state index contributed by atoms with van der Waals surface area (Å²) >= 11 is 5.26. The molecule has 76 valence electrons. The van der Waals surface area contributed by atoms with Gasteiger partial charge in [0.05, 0.1) is 0 Å². The molecule has 0 unspecified atom stereocenters. The molecule has 0 spiro atoms. The average molecular weight is 211 g/mol. The number of thiocarbonyl (C=S) groups is 1. The van der Waals surface area contributed by atoms with Gasteiger partial charge in [0, 0.05) is 18.7 Å². The van der Waals surface area contributed by atoms with E-state index >= 15 is 0 Å². The topological polar surface area (TPSA) is 3.24 Å². The van der Waals surface area contributed by atoms with E-state index < -0.39 is 0 Å². The second kappa shape index (κ2) is 5.05. The zero-order valence-corrected chi connectivity index (χ0v) is 9.27. The SMILES string of the molecule is CCN(CC)C(=S)c1cccc(F)c1. The highest BCUT2D eigenvalue weighted by Crippen LogP contribution is 2.08. The lowest BCUT2D eigenvalue weighted by molar-refractivity contribution is 0.474. The van der Waals surface area contributed by atoms with Gasteiger partial charge >= 0.3 is 0 Å². The molecule has 0 radical (unpaired) electrons. The Morgan fingerprint density at radius 3 is 2.50 bits per heavy atom. The van der Waals surface area contributed by atoms with Crippen molar-refractivity contribution in [2.45, 2.75) is 13.8 Å². The zero-order chi connectivity index (χ0) is 10.6. The van der Waals surface area contributed by atoms with E-state index in [1.54, 1.807) is 6.07 Å². The van der Waals surface area contributed by atoms with Crippen molar-refractivity contribution in [2.24, 2.45) is 0 Å². The Morgan fingerprint density at radius 1 is 1.36 bits per heavy atom. The van der Waals surface area contributed by atoms with Gasteiger partial charge in [0.15, 0.2) is 0 Å². The van der Waals surface area contributed by atoms with Gasteiger partial charge in [-0.1, -0.05) is 24.4 Å². The maximum absolute atomic E-state index is 12.9. The number of benzene rings is 1. The van der Waals surface area contributed by atoms with Crippen molar-refractivity contribution in [1.82, 2.24) is 4.90 Å². The molecule has 14 heavy (non-hydrogen) atoms. The quantitative estimate of drug-likeness (QED) is 0.707. The van der Waals surface area contributed by atoms with Gasteiger partial charge in [0.2, 0.25) is 0 Å². The van der Waals surface area contributed by atoms with Crippen molar-refractivity contribution in [3.8, 4) is 0 Å². The number of rotatable bonds is 3. The molecule has 0 aromatic heterocycles. The van der Waals surface area contributed by atoms with Crippen LogP contribution in [0.2, 0.25) is 0 Å². The first-order chi connectivity index (χ1) is 6.69. The first-order valence-electron chi connectivity index (χ1n) is 4.73. The third-order valence-corrected chi connectivity index (χ3v) is 2.62. The summed E-state index contributed by atoms with van der Waals surface area (Å²) in [7, 11) is 0. The van der Waals surface area contributed by atoms with Crippen molar-refractivity contribution in [2.75, 3.05) is 13.1 Å². The van der Waals surface area contributed by atoms with Crippen LogP contribution in [0, 0.1) is 5.82 Å². The molecule has 3 heteroatoms. The fraction of sp³-hybridized carbons (Fsp3) is 0.364. The van der Waals surface area contributed by atoms with Gasteiger partial charge in [-0.05, 0) is 26.0 Å². The number of halogens is 1. The van der Waals surface area contributed by atoms with Crippen LogP contribution >= 0.6 is 12.2 Å². The summed E-state index contributed by atoms with van der Waals surface area (Å²) < 4.78 is 12.9. The maximum Gasteiger partial charge on any atom is 0.123 e. The second-order valence-corrected chi connectivity index (χ2v) is 3.37. The van der Waals surface area contributed by atoms with E-state index in [2.05, 4.69) is 0 Å². The highest BCUT2D eigenvalue weighted by Gasteiger charge is 2.07. The van der Waals surface area contributed by atoms with E-state index in [1.165, 1.54) is 12.1 Å². The van der Waals surface area contributed by atoms with Gasteiger partial charge in [-0.3, -0.25) is 0 Å². The van der Waals surface area contributed by atoms with Crippen LogP contribution < -0.4 is 0 Å². The Bertz CT molecular complexity index is 321. The molecule has 0 atom stereocenters. The first-order valence-corrected chi connectivity index (χ1v) is 5.14. The Hall–Kier alpha value is -0.960. The molecule has 1 nitrogen and oxygen atoms in total. The summed E-state index contributed by atoms with van der Waals surface area (Å²) in [6, 6.07) is 6.42. The molecular weight excluding hydrogens is 197 g/mol. The number of hydrogen-bond donors (Lipinski definition) is 0. The molecule has 1 rings (SSSR count). The van der Waals surface area contributed by atoms with Crippen LogP contribution in [0.4, 0.5) is 4.39 Å². The minimum atomic E-state index is -0.239. The Balaban J connectivity index is 2.88. The lowest BCUT2D eigenvalue weighted by atomic mass is 10.2. The second-order valence-electron chi connectivity index (χ2n) is 2.99. The maximum atomic E-state index is 12.9. The zero-order valence-electron chi connectivity index (χ0n) is 8.46. The summed E-state index contributed by atoms with van der Waals surface area (Å²) in [5, 5.41) is 0. The van der Waals surface area contributed by atoms with Crippen LogP contribution in [-0.2, 0) is 0 Å². The lowest BCUT2D eigenvalue weighted by Crippen LogP contribution is -2.29. The molecule has 0 aliphatic carbocycles. The van der Waals surface area contributed by atoms with Crippen LogP contribution in [0.5, 0.6) is 0 Å². The van der Waals surface area contributed by atoms with E-state index in [0.29, 0.717) is 0 Å². The Kier molecular flexibility index (Phi) is 4.01. The van der Waals surface area contributed by atoms with E-state index in [-0.39, 0.29) is 5.82 Å². The summed E-state index contributed by atoms with van der Waals surface area (Å²) in [4.78, 5) is 2.75. The predicted octanol–water partition coefficient (Wildman–Crippen LogP) is 2.84. The van der Waals surface area contributed by atoms with Gasteiger partial charge in [0.25, 0.3) is 0 Å². The molecule has 0 amide bonds. The van der Waals surface area contributed by atoms with Gasteiger partial charge in [-0.15, -0.1) is 0 Å². The third-order valence-electron chi connectivity index (χ3n) is 2.12. The third kappa shape index (κ3) is 2.51. The van der Waals surface area contributed by atoms with Crippen LogP contribution in [-0.4, -0.2) is 23.0 Å². The van der Waals surface area contributed by atoms with E-state index in [0.717, 1.165) is 23.6 Å². The molecule has 0 aliphatic heterocycles. The first kappa shape index (κ1) is 11.1. The average Bonchev–Trinajstić information content (AvgIpc) is 2.19. The van der Waals surface area contributed by atoms with E-state index in [4.69, 9.17) is 12.2 Å². The molecule has 0 N–H and O–H groups in total. The molecule has 0 fully saturated rings. The normalized spacial score (nSPS) is 9.93. The molecule has 0 heterocycles. The standard InChI is InChI=1S/C11H14FNS/c1-3-13(4-2)11(14)9-6-5-7-10(12)8-9/h5-8H,3-4H2,1-2H3. The molecule has 1 aromatic carbocycles. The van der Waals surface area contributed by atoms with Gasteiger partial charge in [-0.2, -0.15) is 0 Å². The Morgan fingerprint density at radius 2 is 2.00 bits per heavy atom. The molecular formula is C11H14FNS. The molecule has 0 bridgehead atoms. The summed E-state index contributed by atoms with van der Waals surface area (Å²) in [6.45, 7) is 5.78. The summed E-state index contributed by atoms with van der Waals surface area (Å²) in [6.07, 6.45) is 0. The summed E-state index contributed by atoms with van der Waals surface area (Å²) in [5.74, 6) is -0.239. The van der Waals surface area contributed by atoms with Crippen LogP contribution in [0.1, 0.15) is 19.4 Å². The van der Waals surface area contributed by atoms with Gasteiger partial charge in [0.1, 0.15) is 10.8 Å². The number of nitrogens with zero attached hydrogens (tertiary/aromatic N) is 1. The van der Waals surface area contributed by atoms with Crippen LogP contribution in [0.25, 0.3) is 0 Å². The molecule has 1 aromatic rings. The minimum absolute atomic E-state index is 0.239. The fourth-order valence-electron chi connectivity index (χ4n) is 1.31. The summed E-state index contributed by atoms with van der Waals surface area (Å²) in [5.41, 5.74) is 0.781. The van der Waals surface area contributed by atoms with Crippen molar-refractivity contribution in [3.05, 3.63) is 35.6 Å². The molecule has 0 saturated carbocycles.